The van der Waals surface area contributed by atoms with Gasteiger partial charge in [0.15, 0.2) is 0 Å². The summed E-state index contributed by atoms with van der Waals surface area (Å²) in [5.74, 6) is 1.38. The zero-order valence-corrected chi connectivity index (χ0v) is 22.0. The Balaban J connectivity index is 1.53. The van der Waals surface area contributed by atoms with E-state index in [-0.39, 0.29) is 11.3 Å². The zero-order valence-electron chi connectivity index (χ0n) is 22.0. The number of rotatable bonds is 5. The molecule has 1 aromatic carbocycles. The fraction of sp³-hybridized carbons (Fsp3) is 0.600. The Morgan fingerprint density at radius 1 is 1.22 bits per heavy atom. The van der Waals surface area contributed by atoms with Crippen molar-refractivity contribution in [2.75, 3.05) is 33.2 Å². The molecule has 4 fully saturated rings. The molecule has 3 unspecified atom stereocenters. The molecule has 2 aliphatic carbocycles. The fourth-order valence-electron chi connectivity index (χ4n) is 7.08. The number of hydrogen-bond acceptors (Lipinski definition) is 5. The maximum absolute atomic E-state index is 13.1. The molecule has 2 N–H and O–H groups in total. The van der Waals surface area contributed by atoms with E-state index in [4.69, 9.17) is 4.99 Å². The Hall–Kier alpha value is -2.60. The van der Waals surface area contributed by atoms with Gasteiger partial charge in [-0.15, -0.1) is 0 Å². The van der Waals surface area contributed by atoms with E-state index in [0.29, 0.717) is 23.3 Å². The van der Waals surface area contributed by atoms with Crippen LogP contribution < -0.4 is 0 Å². The molecule has 0 radical (unpaired) electrons. The summed E-state index contributed by atoms with van der Waals surface area (Å²) in [5, 5.41) is 20.5. The van der Waals surface area contributed by atoms with Crippen molar-refractivity contribution in [3.05, 3.63) is 52.8 Å². The Morgan fingerprint density at radius 2 is 1.97 bits per heavy atom. The zero-order chi connectivity index (χ0) is 25.4. The van der Waals surface area contributed by atoms with Crippen molar-refractivity contribution < 1.29 is 15.0 Å². The molecule has 0 spiro atoms. The van der Waals surface area contributed by atoms with Crippen LogP contribution in [0.5, 0.6) is 5.75 Å². The largest absolute Gasteiger partial charge is 0.515 e. The van der Waals surface area contributed by atoms with Crippen molar-refractivity contribution in [2.24, 2.45) is 16.8 Å². The van der Waals surface area contributed by atoms with Crippen LogP contribution in [-0.4, -0.2) is 70.9 Å². The van der Waals surface area contributed by atoms with Crippen LogP contribution in [0.25, 0.3) is 0 Å². The first-order valence-corrected chi connectivity index (χ1v) is 13.7. The standard InChI is InChI=1S/C30H41N3O3/c1-20-6-9-25(35)16-26(20)30-10-13-33(18-22-7-8-22)21(2)27(30)15-23(28(17-30)31-3)14-24(19-34)29(36)32-11-4-5-12-32/h6,9,14,16,19,21-22,27,34-35H,4-5,7-8,10-13,15,17-18H2,1-3H3. The number of aliphatic hydroxyl groups excluding tert-OH is 1. The van der Waals surface area contributed by atoms with Crippen molar-refractivity contribution >= 4 is 11.6 Å². The molecule has 1 amide bonds. The van der Waals surface area contributed by atoms with Gasteiger partial charge in [0.1, 0.15) is 5.75 Å². The van der Waals surface area contributed by atoms with Crippen molar-refractivity contribution in [1.29, 1.82) is 0 Å². The molecule has 3 atom stereocenters. The average Bonchev–Trinajstić information content (AvgIpc) is 3.53. The quantitative estimate of drug-likeness (QED) is 0.453. The van der Waals surface area contributed by atoms with Gasteiger partial charge in [-0.25, -0.2) is 0 Å². The number of piperidine rings is 1. The lowest BCUT2D eigenvalue weighted by Gasteiger charge is -2.56. The number of benzene rings is 1. The molecule has 0 aromatic heterocycles. The minimum atomic E-state index is -0.115. The Morgan fingerprint density at radius 3 is 2.64 bits per heavy atom. The first-order chi connectivity index (χ1) is 17.4. The molecule has 6 heteroatoms. The number of carbonyl (C=O) groups is 1. The van der Waals surface area contributed by atoms with Crippen LogP contribution in [0.1, 0.15) is 63.0 Å². The lowest BCUT2D eigenvalue weighted by molar-refractivity contribution is -0.125. The first kappa shape index (κ1) is 25.1. The van der Waals surface area contributed by atoms with Crippen LogP contribution >= 0.6 is 0 Å². The van der Waals surface area contributed by atoms with E-state index in [2.05, 4.69) is 18.7 Å². The minimum absolute atomic E-state index is 0.0920. The molecule has 2 saturated carbocycles. The van der Waals surface area contributed by atoms with Gasteiger partial charge in [0.25, 0.3) is 5.91 Å². The molecule has 2 aliphatic heterocycles. The Kier molecular flexibility index (Phi) is 6.99. The molecule has 194 valence electrons. The number of aliphatic imine (C=N–C) groups is 1. The van der Waals surface area contributed by atoms with Crippen LogP contribution in [0.4, 0.5) is 0 Å². The van der Waals surface area contributed by atoms with Gasteiger partial charge in [0.2, 0.25) is 0 Å². The molecule has 6 nitrogen and oxygen atoms in total. The Bertz CT molecular complexity index is 1100. The van der Waals surface area contributed by atoms with E-state index in [1.807, 2.05) is 30.2 Å². The Labute approximate surface area is 215 Å². The number of phenols is 1. The third kappa shape index (κ3) is 4.60. The van der Waals surface area contributed by atoms with Gasteiger partial charge in [-0.3, -0.25) is 9.79 Å². The van der Waals surface area contributed by atoms with E-state index in [0.717, 1.165) is 81.7 Å². The monoisotopic (exact) mass is 491 g/mol. The number of hydrogen-bond donors (Lipinski definition) is 2. The van der Waals surface area contributed by atoms with Gasteiger partial charge in [0.05, 0.1) is 11.8 Å². The van der Waals surface area contributed by atoms with Crippen molar-refractivity contribution in [3.63, 3.8) is 0 Å². The normalized spacial score (nSPS) is 31.8. The number of phenolic OH excluding ortho intramolecular Hbond substituents is 1. The summed E-state index contributed by atoms with van der Waals surface area (Å²) in [6, 6.07) is 6.16. The van der Waals surface area contributed by atoms with Crippen molar-refractivity contribution in [2.45, 2.75) is 70.3 Å². The topological polar surface area (TPSA) is 76.4 Å². The number of aliphatic hydroxyl groups is 1. The van der Waals surface area contributed by atoms with E-state index in [1.165, 1.54) is 24.0 Å². The van der Waals surface area contributed by atoms with Crippen molar-refractivity contribution in [1.82, 2.24) is 9.80 Å². The number of allylic oxidation sites excluding steroid dienone is 1. The smallest absolute Gasteiger partial charge is 0.256 e. The summed E-state index contributed by atoms with van der Waals surface area (Å²) in [4.78, 5) is 22.4. The molecule has 4 aliphatic rings. The number of aromatic hydroxyl groups is 1. The minimum Gasteiger partial charge on any atom is -0.515 e. The number of fused-ring (bicyclic) bond motifs is 1. The summed E-state index contributed by atoms with van der Waals surface area (Å²) >= 11 is 0. The van der Waals surface area contributed by atoms with E-state index >= 15 is 0 Å². The van der Waals surface area contributed by atoms with Gasteiger partial charge < -0.3 is 20.0 Å². The second-order valence-electron chi connectivity index (χ2n) is 11.5. The molecule has 1 aromatic rings. The van der Waals surface area contributed by atoms with Crippen LogP contribution in [-0.2, 0) is 10.2 Å². The summed E-state index contributed by atoms with van der Waals surface area (Å²) in [6.07, 6.45) is 10.2. The van der Waals surface area contributed by atoms with Gasteiger partial charge in [-0.1, -0.05) is 6.07 Å². The van der Waals surface area contributed by atoms with Crippen LogP contribution in [0.15, 0.2) is 46.7 Å². The lowest BCUT2D eigenvalue weighted by Crippen LogP contribution is -2.58. The summed E-state index contributed by atoms with van der Waals surface area (Å²) < 4.78 is 0. The van der Waals surface area contributed by atoms with Gasteiger partial charge in [-0.05, 0) is 112 Å². The molecule has 0 bridgehead atoms. The summed E-state index contributed by atoms with van der Waals surface area (Å²) in [7, 11) is 1.84. The maximum Gasteiger partial charge on any atom is 0.256 e. The van der Waals surface area contributed by atoms with Crippen LogP contribution in [0.2, 0.25) is 0 Å². The van der Waals surface area contributed by atoms with E-state index < -0.39 is 0 Å². The number of amides is 1. The number of carbonyl (C=O) groups excluding carboxylic acids is 1. The van der Waals surface area contributed by atoms with Gasteiger partial charge in [-0.2, -0.15) is 0 Å². The highest BCUT2D eigenvalue weighted by Gasteiger charge is 2.52. The fourth-order valence-corrected chi connectivity index (χ4v) is 7.08. The van der Waals surface area contributed by atoms with Gasteiger partial charge >= 0.3 is 0 Å². The van der Waals surface area contributed by atoms with Gasteiger partial charge in [0, 0.05) is 43.9 Å². The van der Waals surface area contributed by atoms with Crippen molar-refractivity contribution in [3.8, 4) is 5.75 Å². The number of nitrogens with zero attached hydrogens (tertiary/aromatic N) is 3. The molecule has 2 heterocycles. The summed E-state index contributed by atoms with van der Waals surface area (Å²) in [6.45, 7) is 8.23. The average molecular weight is 492 g/mol. The highest BCUT2D eigenvalue weighted by Crippen LogP contribution is 2.53. The molecule has 36 heavy (non-hydrogen) atoms. The lowest BCUT2D eigenvalue weighted by atomic mass is 9.54. The third-order valence-corrected chi connectivity index (χ3v) is 9.33. The van der Waals surface area contributed by atoms with E-state index in [1.54, 1.807) is 6.07 Å². The SMILES string of the molecule is CN=C1CC2(c3cc(O)ccc3C)CCN(CC3CC3)C(C)C2CC1=CC(=CO)C(=O)N1CCCC1. The molecule has 2 saturated heterocycles. The van der Waals surface area contributed by atoms with E-state index in [9.17, 15) is 15.0 Å². The maximum atomic E-state index is 13.1. The highest BCUT2D eigenvalue weighted by atomic mass is 16.3. The summed E-state index contributed by atoms with van der Waals surface area (Å²) in [5.41, 5.74) is 4.75. The second kappa shape index (κ2) is 10.0. The highest BCUT2D eigenvalue weighted by molar-refractivity contribution is 6.05. The predicted molar refractivity (Wildman–Crippen MR) is 144 cm³/mol. The number of aryl methyl sites for hydroxylation is 1. The number of likely N-dealkylation sites (tertiary alicyclic amines) is 2. The third-order valence-electron chi connectivity index (χ3n) is 9.33. The van der Waals surface area contributed by atoms with Crippen LogP contribution in [0, 0.1) is 18.8 Å². The predicted octanol–water partition coefficient (Wildman–Crippen LogP) is 4.91. The molecular weight excluding hydrogens is 450 g/mol. The van der Waals surface area contributed by atoms with Crippen LogP contribution in [0.3, 0.4) is 0 Å². The molecular formula is C30H41N3O3. The second-order valence-corrected chi connectivity index (χ2v) is 11.5. The molecule has 5 rings (SSSR count). The first-order valence-electron chi connectivity index (χ1n) is 13.7.